The summed E-state index contributed by atoms with van der Waals surface area (Å²) in [5.41, 5.74) is 6.03. The van der Waals surface area contributed by atoms with E-state index in [9.17, 15) is 0 Å². The first-order valence-corrected chi connectivity index (χ1v) is 4.63. The zero-order valence-electron chi connectivity index (χ0n) is 7.81. The standard InChI is InChI=1S/C9H12N4O/c10-5-7-6-13(12-9(7)11)8-1-3-14-4-2-8/h6,8H,1-4H2,(H2,11,12). The number of ether oxygens (including phenoxy) is 1. The summed E-state index contributed by atoms with van der Waals surface area (Å²) in [5, 5.41) is 12.8. The summed E-state index contributed by atoms with van der Waals surface area (Å²) in [7, 11) is 0. The van der Waals surface area contributed by atoms with Crippen LogP contribution in [0.1, 0.15) is 24.4 Å². The number of nitrogens with zero attached hydrogens (tertiary/aromatic N) is 3. The van der Waals surface area contributed by atoms with E-state index >= 15 is 0 Å². The fourth-order valence-electron chi connectivity index (χ4n) is 1.63. The van der Waals surface area contributed by atoms with Crippen LogP contribution in [-0.4, -0.2) is 23.0 Å². The van der Waals surface area contributed by atoms with E-state index in [0.29, 0.717) is 17.4 Å². The van der Waals surface area contributed by atoms with Crippen molar-refractivity contribution in [3.63, 3.8) is 0 Å². The molecular weight excluding hydrogens is 180 g/mol. The number of nitrogen functional groups attached to an aromatic ring is 1. The summed E-state index contributed by atoms with van der Waals surface area (Å²) < 4.78 is 7.04. The molecular formula is C9H12N4O. The smallest absolute Gasteiger partial charge is 0.163 e. The molecule has 0 spiro atoms. The Bertz CT molecular complexity index is 359. The van der Waals surface area contributed by atoms with Gasteiger partial charge in [0.15, 0.2) is 5.82 Å². The third-order valence-electron chi connectivity index (χ3n) is 2.45. The van der Waals surface area contributed by atoms with E-state index in [0.717, 1.165) is 26.1 Å². The van der Waals surface area contributed by atoms with E-state index in [2.05, 4.69) is 5.10 Å². The molecule has 1 aliphatic rings. The van der Waals surface area contributed by atoms with Crippen LogP contribution in [0.3, 0.4) is 0 Å². The van der Waals surface area contributed by atoms with Gasteiger partial charge in [-0.05, 0) is 12.8 Å². The second-order valence-electron chi connectivity index (χ2n) is 3.36. The Labute approximate surface area is 82.1 Å². The average Bonchev–Trinajstić information content (AvgIpc) is 2.61. The van der Waals surface area contributed by atoms with Crippen LogP contribution < -0.4 is 5.73 Å². The highest BCUT2D eigenvalue weighted by Crippen LogP contribution is 2.21. The van der Waals surface area contributed by atoms with Crippen LogP contribution in [0.15, 0.2) is 6.20 Å². The fraction of sp³-hybridized carbons (Fsp3) is 0.556. The highest BCUT2D eigenvalue weighted by molar-refractivity contribution is 5.46. The minimum atomic E-state index is 0.319. The predicted molar refractivity (Wildman–Crippen MR) is 50.4 cm³/mol. The molecule has 0 saturated carbocycles. The van der Waals surface area contributed by atoms with Crippen molar-refractivity contribution in [1.29, 1.82) is 5.26 Å². The average molecular weight is 192 g/mol. The Kier molecular flexibility index (Phi) is 2.37. The topological polar surface area (TPSA) is 76.9 Å². The first-order chi connectivity index (χ1) is 6.81. The maximum atomic E-state index is 8.72. The van der Waals surface area contributed by atoms with E-state index in [1.54, 1.807) is 10.9 Å². The molecule has 0 amide bonds. The van der Waals surface area contributed by atoms with Gasteiger partial charge in [-0.2, -0.15) is 10.4 Å². The summed E-state index contributed by atoms with van der Waals surface area (Å²) in [5.74, 6) is 0.319. The van der Waals surface area contributed by atoms with Gasteiger partial charge in [-0.3, -0.25) is 4.68 Å². The van der Waals surface area contributed by atoms with Crippen LogP contribution in [0.5, 0.6) is 0 Å². The van der Waals surface area contributed by atoms with Gasteiger partial charge in [0.05, 0.1) is 6.04 Å². The van der Waals surface area contributed by atoms with Crippen molar-refractivity contribution >= 4 is 5.82 Å². The Balaban J connectivity index is 2.19. The third-order valence-corrected chi connectivity index (χ3v) is 2.45. The molecule has 1 aromatic heterocycles. The SMILES string of the molecule is N#Cc1cn(C2CCOCC2)nc1N. The Morgan fingerprint density at radius 1 is 1.57 bits per heavy atom. The van der Waals surface area contributed by atoms with Crippen LogP contribution in [-0.2, 0) is 4.74 Å². The van der Waals surface area contributed by atoms with Crippen molar-refractivity contribution in [1.82, 2.24) is 9.78 Å². The normalized spacial score (nSPS) is 17.9. The second kappa shape index (κ2) is 3.68. The second-order valence-corrected chi connectivity index (χ2v) is 3.36. The molecule has 1 aliphatic heterocycles. The zero-order chi connectivity index (χ0) is 9.97. The van der Waals surface area contributed by atoms with E-state index in [1.165, 1.54) is 0 Å². The van der Waals surface area contributed by atoms with E-state index in [4.69, 9.17) is 15.7 Å². The lowest BCUT2D eigenvalue weighted by atomic mass is 10.1. The molecule has 2 rings (SSSR count). The number of rotatable bonds is 1. The first-order valence-electron chi connectivity index (χ1n) is 4.63. The van der Waals surface area contributed by atoms with E-state index in [1.807, 2.05) is 6.07 Å². The van der Waals surface area contributed by atoms with Gasteiger partial charge in [0.2, 0.25) is 0 Å². The molecule has 0 bridgehead atoms. The molecule has 1 saturated heterocycles. The molecule has 5 nitrogen and oxygen atoms in total. The van der Waals surface area contributed by atoms with Gasteiger partial charge in [0.25, 0.3) is 0 Å². The number of nitrogens with two attached hydrogens (primary N) is 1. The van der Waals surface area contributed by atoms with Crippen molar-refractivity contribution < 1.29 is 4.74 Å². The summed E-state index contributed by atoms with van der Waals surface area (Å²) in [6.07, 6.45) is 3.59. The van der Waals surface area contributed by atoms with Gasteiger partial charge in [0.1, 0.15) is 11.6 Å². The number of hydrogen-bond acceptors (Lipinski definition) is 4. The van der Waals surface area contributed by atoms with Gasteiger partial charge in [-0.1, -0.05) is 0 Å². The van der Waals surface area contributed by atoms with Crippen LogP contribution in [0.4, 0.5) is 5.82 Å². The molecule has 1 fully saturated rings. The lowest BCUT2D eigenvalue weighted by Gasteiger charge is -2.21. The molecule has 0 unspecified atom stereocenters. The van der Waals surface area contributed by atoms with Crippen LogP contribution in [0.25, 0.3) is 0 Å². The third kappa shape index (κ3) is 1.56. The molecule has 0 atom stereocenters. The summed E-state index contributed by atoms with van der Waals surface area (Å²) in [4.78, 5) is 0. The van der Waals surface area contributed by atoms with Gasteiger partial charge >= 0.3 is 0 Å². The van der Waals surface area contributed by atoms with Crippen molar-refractivity contribution in [3.8, 4) is 6.07 Å². The summed E-state index contributed by atoms with van der Waals surface area (Å²) in [6.45, 7) is 1.51. The lowest BCUT2D eigenvalue weighted by Crippen LogP contribution is -2.20. The first kappa shape index (κ1) is 9.03. The molecule has 0 aliphatic carbocycles. The monoisotopic (exact) mass is 192 g/mol. The molecule has 2 N–H and O–H groups in total. The minimum Gasteiger partial charge on any atom is -0.381 e. The van der Waals surface area contributed by atoms with E-state index < -0.39 is 0 Å². The molecule has 0 aromatic carbocycles. The van der Waals surface area contributed by atoms with Gasteiger partial charge in [-0.25, -0.2) is 0 Å². The number of hydrogen-bond donors (Lipinski definition) is 1. The maximum absolute atomic E-state index is 8.72. The summed E-state index contributed by atoms with van der Waals surface area (Å²) >= 11 is 0. The number of nitriles is 1. The summed E-state index contributed by atoms with van der Waals surface area (Å²) in [6, 6.07) is 2.34. The largest absolute Gasteiger partial charge is 0.381 e. The lowest BCUT2D eigenvalue weighted by molar-refractivity contribution is 0.0663. The Morgan fingerprint density at radius 3 is 2.86 bits per heavy atom. The molecule has 14 heavy (non-hydrogen) atoms. The van der Waals surface area contributed by atoms with Crippen LogP contribution in [0.2, 0.25) is 0 Å². The number of anilines is 1. The zero-order valence-corrected chi connectivity index (χ0v) is 7.81. The van der Waals surface area contributed by atoms with Gasteiger partial charge < -0.3 is 10.5 Å². The highest BCUT2D eigenvalue weighted by Gasteiger charge is 2.17. The van der Waals surface area contributed by atoms with Crippen LogP contribution in [0, 0.1) is 11.3 Å². The van der Waals surface area contributed by atoms with Crippen molar-refractivity contribution in [2.24, 2.45) is 0 Å². The molecule has 0 radical (unpaired) electrons. The van der Waals surface area contributed by atoms with Gasteiger partial charge in [0, 0.05) is 19.4 Å². The van der Waals surface area contributed by atoms with Crippen LogP contribution >= 0.6 is 0 Å². The van der Waals surface area contributed by atoms with Gasteiger partial charge in [-0.15, -0.1) is 0 Å². The minimum absolute atomic E-state index is 0.319. The predicted octanol–water partition coefficient (Wildman–Crippen LogP) is 0.688. The van der Waals surface area contributed by atoms with E-state index in [-0.39, 0.29) is 0 Å². The fourth-order valence-corrected chi connectivity index (χ4v) is 1.63. The molecule has 1 aromatic rings. The van der Waals surface area contributed by atoms with Crippen molar-refractivity contribution in [2.75, 3.05) is 18.9 Å². The molecule has 74 valence electrons. The van der Waals surface area contributed by atoms with Crippen molar-refractivity contribution in [2.45, 2.75) is 18.9 Å². The Morgan fingerprint density at radius 2 is 2.29 bits per heavy atom. The molecule has 5 heteroatoms. The highest BCUT2D eigenvalue weighted by atomic mass is 16.5. The molecule has 2 heterocycles. The maximum Gasteiger partial charge on any atom is 0.163 e. The number of aromatic nitrogens is 2. The van der Waals surface area contributed by atoms with Crippen molar-refractivity contribution in [3.05, 3.63) is 11.8 Å². The quantitative estimate of drug-likeness (QED) is 0.710. The Hall–Kier alpha value is -1.54.